The van der Waals surface area contributed by atoms with E-state index in [0.717, 1.165) is 25.9 Å². The number of rotatable bonds is 8. The third-order valence-corrected chi connectivity index (χ3v) is 4.75. The molecule has 0 aromatic carbocycles. The molecule has 1 aliphatic rings. The van der Waals surface area contributed by atoms with Crippen molar-refractivity contribution in [3.63, 3.8) is 0 Å². The van der Waals surface area contributed by atoms with E-state index in [1.807, 2.05) is 0 Å². The van der Waals surface area contributed by atoms with E-state index in [0.29, 0.717) is 26.1 Å². The molecule has 101 valence electrons. The fourth-order valence-electron chi connectivity index (χ4n) is 1.81. The Hall–Kier alpha value is -0.170. The van der Waals surface area contributed by atoms with Gasteiger partial charge in [0.15, 0.2) is 0 Å². The van der Waals surface area contributed by atoms with Crippen molar-refractivity contribution in [2.75, 3.05) is 45.6 Å². The summed E-state index contributed by atoms with van der Waals surface area (Å²) in [7, 11) is -1.38. The summed E-state index contributed by atoms with van der Waals surface area (Å²) in [5.41, 5.74) is 0. The van der Waals surface area contributed by atoms with Crippen LogP contribution in [0.25, 0.3) is 0 Å². The molecule has 1 fully saturated rings. The van der Waals surface area contributed by atoms with Crippen molar-refractivity contribution >= 4 is 10.0 Å². The Morgan fingerprint density at radius 2 is 2.00 bits per heavy atom. The highest BCUT2D eigenvalue weighted by Crippen LogP contribution is 2.12. The molecule has 0 spiro atoms. The fourth-order valence-corrected chi connectivity index (χ4v) is 3.35. The van der Waals surface area contributed by atoms with Crippen LogP contribution in [0.15, 0.2) is 0 Å². The molecule has 0 aromatic heterocycles. The van der Waals surface area contributed by atoms with Crippen molar-refractivity contribution in [2.24, 2.45) is 0 Å². The van der Waals surface area contributed by atoms with Crippen LogP contribution in [0.5, 0.6) is 0 Å². The van der Waals surface area contributed by atoms with Crippen molar-refractivity contribution in [1.82, 2.24) is 9.62 Å². The van der Waals surface area contributed by atoms with E-state index in [2.05, 4.69) is 11.7 Å². The van der Waals surface area contributed by atoms with Crippen LogP contribution >= 0.6 is 0 Å². The minimum atomic E-state index is -3.03. The lowest BCUT2D eigenvalue weighted by atomic mass is 10.2. The molecule has 0 atom stereocenters. The molecular formula is C11H23N2O3S. The van der Waals surface area contributed by atoms with E-state index in [-0.39, 0.29) is 5.75 Å². The van der Waals surface area contributed by atoms with E-state index in [9.17, 15) is 8.42 Å². The maximum absolute atomic E-state index is 11.9. The van der Waals surface area contributed by atoms with Gasteiger partial charge < -0.3 is 10.1 Å². The van der Waals surface area contributed by atoms with Crippen molar-refractivity contribution in [3.05, 3.63) is 6.42 Å². The van der Waals surface area contributed by atoms with Crippen molar-refractivity contribution in [2.45, 2.75) is 19.3 Å². The van der Waals surface area contributed by atoms with Crippen LogP contribution < -0.4 is 5.32 Å². The van der Waals surface area contributed by atoms with Gasteiger partial charge in [0.25, 0.3) is 0 Å². The van der Waals surface area contributed by atoms with Gasteiger partial charge in [0.1, 0.15) is 0 Å². The van der Waals surface area contributed by atoms with Gasteiger partial charge >= 0.3 is 0 Å². The molecule has 1 aliphatic heterocycles. The predicted octanol–water partition coefficient (Wildman–Crippen LogP) is 0.242. The van der Waals surface area contributed by atoms with E-state index < -0.39 is 10.0 Å². The Morgan fingerprint density at radius 1 is 1.29 bits per heavy atom. The lowest BCUT2D eigenvalue weighted by Crippen LogP contribution is -2.38. The topological polar surface area (TPSA) is 58.6 Å². The zero-order valence-electron chi connectivity index (χ0n) is 10.5. The van der Waals surface area contributed by atoms with Crippen molar-refractivity contribution in [3.8, 4) is 0 Å². The molecule has 1 saturated heterocycles. The van der Waals surface area contributed by atoms with Gasteiger partial charge in [-0.2, -0.15) is 0 Å². The molecule has 0 aliphatic carbocycles. The Kier molecular flexibility index (Phi) is 7.03. The maximum atomic E-state index is 11.9. The van der Waals surface area contributed by atoms with Crippen LogP contribution in [0.4, 0.5) is 0 Å². The maximum Gasteiger partial charge on any atom is 0.214 e. The van der Waals surface area contributed by atoms with Crippen LogP contribution in [-0.2, 0) is 14.8 Å². The highest BCUT2D eigenvalue weighted by Gasteiger charge is 2.22. The fraction of sp³-hybridized carbons (Fsp3) is 0.909. The molecule has 1 rings (SSSR count). The largest absolute Gasteiger partial charge is 0.383 e. The molecular weight excluding hydrogens is 240 g/mol. The number of hydrogen-bond acceptors (Lipinski definition) is 4. The first-order chi connectivity index (χ1) is 8.17. The number of piperidine rings is 1. The van der Waals surface area contributed by atoms with Crippen molar-refractivity contribution < 1.29 is 13.2 Å². The molecule has 6 heteroatoms. The highest BCUT2D eigenvalue weighted by molar-refractivity contribution is 7.89. The Bertz CT molecular complexity index is 287. The van der Waals surface area contributed by atoms with E-state index in [1.165, 1.54) is 0 Å². The summed E-state index contributed by atoms with van der Waals surface area (Å²) in [5.74, 6) is 0.243. The normalized spacial score (nSPS) is 18.4. The van der Waals surface area contributed by atoms with Gasteiger partial charge in [0.05, 0.1) is 12.4 Å². The van der Waals surface area contributed by atoms with Crippen LogP contribution in [-0.4, -0.2) is 58.4 Å². The Labute approximate surface area is 105 Å². The molecule has 17 heavy (non-hydrogen) atoms. The minimum Gasteiger partial charge on any atom is -0.383 e. The van der Waals surface area contributed by atoms with Crippen LogP contribution in [0.1, 0.15) is 19.3 Å². The van der Waals surface area contributed by atoms with Gasteiger partial charge in [-0.15, -0.1) is 0 Å². The number of nitrogens with zero attached hydrogens (tertiary/aromatic N) is 1. The SMILES string of the molecule is COCCNCCCS(=O)(=O)N1CC[CH]CC1. The quantitative estimate of drug-likeness (QED) is 0.638. The molecule has 0 bridgehead atoms. The second-order valence-corrected chi connectivity index (χ2v) is 6.27. The smallest absolute Gasteiger partial charge is 0.214 e. The predicted molar refractivity (Wildman–Crippen MR) is 68.3 cm³/mol. The zero-order chi connectivity index (χ0) is 12.6. The molecule has 1 N–H and O–H groups in total. The summed E-state index contributed by atoms with van der Waals surface area (Å²) in [5, 5.41) is 3.15. The summed E-state index contributed by atoms with van der Waals surface area (Å²) in [6, 6.07) is 0. The van der Waals surface area contributed by atoms with Gasteiger partial charge in [-0.1, -0.05) is 0 Å². The van der Waals surface area contributed by atoms with E-state index in [1.54, 1.807) is 11.4 Å². The summed E-state index contributed by atoms with van der Waals surface area (Å²) >= 11 is 0. The highest BCUT2D eigenvalue weighted by atomic mass is 32.2. The third-order valence-electron chi connectivity index (χ3n) is 2.80. The monoisotopic (exact) mass is 263 g/mol. The molecule has 1 heterocycles. The molecule has 5 nitrogen and oxygen atoms in total. The number of hydrogen-bond donors (Lipinski definition) is 1. The summed E-state index contributed by atoms with van der Waals surface area (Å²) < 4.78 is 30.4. The second-order valence-electron chi connectivity index (χ2n) is 4.18. The molecule has 0 saturated carbocycles. The summed E-state index contributed by atoms with van der Waals surface area (Å²) in [6.45, 7) is 3.46. The molecule has 0 aromatic rings. The van der Waals surface area contributed by atoms with Crippen molar-refractivity contribution in [1.29, 1.82) is 0 Å². The summed E-state index contributed by atoms with van der Waals surface area (Å²) in [6.07, 6.45) is 4.57. The van der Waals surface area contributed by atoms with Gasteiger partial charge in [0.2, 0.25) is 10.0 Å². The third kappa shape index (κ3) is 5.81. The van der Waals surface area contributed by atoms with Gasteiger partial charge in [-0.25, -0.2) is 12.7 Å². The van der Waals surface area contributed by atoms with Gasteiger partial charge in [-0.3, -0.25) is 0 Å². The molecule has 0 amide bonds. The van der Waals surface area contributed by atoms with E-state index >= 15 is 0 Å². The first kappa shape index (κ1) is 14.9. The average Bonchev–Trinajstić information content (AvgIpc) is 2.35. The lowest BCUT2D eigenvalue weighted by Gasteiger charge is -2.25. The Morgan fingerprint density at radius 3 is 2.65 bits per heavy atom. The summed E-state index contributed by atoms with van der Waals surface area (Å²) in [4.78, 5) is 0. The Balaban J connectivity index is 2.15. The van der Waals surface area contributed by atoms with Crippen LogP contribution in [0.2, 0.25) is 0 Å². The van der Waals surface area contributed by atoms with Crippen LogP contribution in [0.3, 0.4) is 0 Å². The molecule has 0 unspecified atom stereocenters. The van der Waals surface area contributed by atoms with Crippen LogP contribution in [0, 0.1) is 6.42 Å². The lowest BCUT2D eigenvalue weighted by molar-refractivity contribution is 0.199. The molecule has 1 radical (unpaired) electrons. The average molecular weight is 263 g/mol. The first-order valence-electron chi connectivity index (χ1n) is 6.16. The zero-order valence-corrected chi connectivity index (χ0v) is 11.3. The second kappa shape index (κ2) is 8.02. The van der Waals surface area contributed by atoms with Gasteiger partial charge in [0, 0.05) is 26.7 Å². The van der Waals surface area contributed by atoms with E-state index in [4.69, 9.17) is 4.74 Å². The standard InChI is InChI=1S/C11H23N2O3S/c1-16-10-7-12-6-5-11-17(14,15)13-8-3-2-4-9-13/h2,12H,3-11H2,1H3. The number of nitrogens with one attached hydrogen (secondary N) is 1. The number of sulfonamides is 1. The number of ether oxygens (including phenoxy) is 1. The number of methoxy groups -OCH3 is 1. The minimum absolute atomic E-state index is 0.243. The van der Waals surface area contributed by atoms with Gasteiger partial charge in [-0.05, 0) is 32.2 Å². The first-order valence-corrected chi connectivity index (χ1v) is 7.77.